The first-order chi connectivity index (χ1) is 15.1. The number of fused-ring (bicyclic) bond motifs is 5. The molecule has 2 amide bonds. The van der Waals surface area contributed by atoms with E-state index in [9.17, 15) is 9.59 Å². The first-order valence-electron chi connectivity index (χ1n) is 11.3. The smallest absolute Gasteiger partial charge is 0.233 e. The number of nitrogens with zero attached hydrogens (tertiary/aromatic N) is 3. The topological polar surface area (TPSA) is 77.0 Å². The van der Waals surface area contributed by atoms with Crippen LogP contribution in [0.1, 0.15) is 31.9 Å². The molecule has 1 aliphatic heterocycles. The summed E-state index contributed by atoms with van der Waals surface area (Å²) < 4.78 is 0. The minimum Gasteiger partial charge on any atom is -0.355 e. The molecule has 7 nitrogen and oxygen atoms in total. The Labute approximate surface area is 188 Å². The van der Waals surface area contributed by atoms with Gasteiger partial charge >= 0.3 is 0 Å². The Morgan fingerprint density at radius 3 is 2.42 bits per heavy atom. The van der Waals surface area contributed by atoms with Crippen LogP contribution < -0.4 is 10.6 Å². The molecule has 4 rings (SSSR count). The van der Waals surface area contributed by atoms with Crippen LogP contribution in [0.3, 0.4) is 0 Å². The average molecular weight is 444 g/mol. The van der Waals surface area contributed by atoms with Crippen LogP contribution in [-0.4, -0.2) is 67.3 Å². The lowest BCUT2D eigenvalue weighted by Gasteiger charge is -2.30. The van der Waals surface area contributed by atoms with Gasteiger partial charge in [0.25, 0.3) is 0 Å². The van der Waals surface area contributed by atoms with Crippen LogP contribution in [0.15, 0.2) is 34.0 Å². The largest absolute Gasteiger partial charge is 0.355 e. The quantitative estimate of drug-likeness (QED) is 0.265. The molecular weight excluding hydrogens is 410 g/mol. The van der Waals surface area contributed by atoms with Crippen LogP contribution in [0.2, 0.25) is 0 Å². The first kappa shape index (κ1) is 22.0. The van der Waals surface area contributed by atoms with E-state index in [1.165, 1.54) is 10.5 Å². The Kier molecular flexibility index (Phi) is 6.77. The number of amides is 2. The number of thiophene rings is 1. The zero-order chi connectivity index (χ0) is 22.0. The van der Waals surface area contributed by atoms with Crippen molar-refractivity contribution >= 4 is 29.1 Å². The van der Waals surface area contributed by atoms with Crippen LogP contribution in [0.4, 0.5) is 0 Å². The van der Waals surface area contributed by atoms with E-state index in [4.69, 9.17) is 0 Å². The second-order valence-electron chi connectivity index (χ2n) is 8.50. The van der Waals surface area contributed by atoms with E-state index >= 15 is 0 Å². The zero-order valence-electron chi connectivity index (χ0n) is 18.6. The van der Waals surface area contributed by atoms with Crippen LogP contribution in [0.5, 0.6) is 0 Å². The monoisotopic (exact) mass is 443 g/mol. The lowest BCUT2D eigenvalue weighted by Crippen LogP contribution is -2.46. The highest BCUT2D eigenvalue weighted by Crippen LogP contribution is 2.52. The Bertz CT molecular complexity index is 818. The molecule has 1 saturated heterocycles. The number of aliphatic imine (C=N–C) groups is 1. The van der Waals surface area contributed by atoms with Crippen molar-refractivity contribution in [1.82, 2.24) is 20.4 Å². The van der Waals surface area contributed by atoms with Gasteiger partial charge in [0, 0.05) is 26.7 Å². The number of likely N-dealkylation sites (N-methyl/N-ethyl adjacent to an activating group) is 1. The van der Waals surface area contributed by atoms with E-state index < -0.39 is 0 Å². The summed E-state index contributed by atoms with van der Waals surface area (Å²) in [5, 5.41) is 11.0. The standard InChI is InChI=1S/C23H33N5O2S/c1-4-27(5-2)18(17-8-11-31-14-17)13-26-23(24-3)25-9-10-28-21(29)19-15-6-7-16(12-15)20(19)22(28)30/h6-8,11,14-16,18-20H,4-5,9-10,12-13H2,1-3H3,(H2,24,25,26). The Morgan fingerprint density at radius 2 is 1.87 bits per heavy atom. The van der Waals surface area contributed by atoms with Gasteiger partial charge in [-0.2, -0.15) is 11.3 Å². The second-order valence-corrected chi connectivity index (χ2v) is 9.28. The minimum absolute atomic E-state index is 0.00986. The number of hydrogen-bond acceptors (Lipinski definition) is 5. The van der Waals surface area contributed by atoms with Gasteiger partial charge in [0.05, 0.1) is 17.9 Å². The van der Waals surface area contributed by atoms with Crippen molar-refractivity contribution in [2.24, 2.45) is 28.7 Å². The molecule has 2 N–H and O–H groups in total. The Balaban J connectivity index is 1.29. The molecule has 2 heterocycles. The summed E-state index contributed by atoms with van der Waals surface area (Å²) in [4.78, 5) is 33.8. The fraction of sp³-hybridized carbons (Fsp3) is 0.609. The van der Waals surface area contributed by atoms with Gasteiger partial charge in [-0.15, -0.1) is 0 Å². The van der Waals surface area contributed by atoms with Gasteiger partial charge in [0.2, 0.25) is 11.8 Å². The highest BCUT2D eigenvalue weighted by atomic mass is 32.1. The van der Waals surface area contributed by atoms with Crippen LogP contribution in [-0.2, 0) is 9.59 Å². The van der Waals surface area contributed by atoms with E-state index in [2.05, 4.69) is 63.4 Å². The number of hydrogen-bond donors (Lipinski definition) is 2. The van der Waals surface area contributed by atoms with Crippen molar-refractivity contribution in [3.05, 3.63) is 34.5 Å². The SMILES string of the molecule is CCN(CC)C(CNC(=NC)NCCN1C(=O)C2C3C=CC(C3)C2C1=O)c1ccsc1. The second kappa shape index (κ2) is 9.53. The number of allylic oxidation sites excluding steroid dienone is 2. The normalized spacial score (nSPS) is 28.0. The zero-order valence-corrected chi connectivity index (χ0v) is 19.4. The van der Waals surface area contributed by atoms with Crippen molar-refractivity contribution in [2.75, 3.05) is 39.8 Å². The highest BCUT2D eigenvalue weighted by Gasteiger charge is 2.58. The Morgan fingerprint density at radius 1 is 1.19 bits per heavy atom. The van der Waals surface area contributed by atoms with Crippen molar-refractivity contribution in [3.8, 4) is 0 Å². The highest BCUT2D eigenvalue weighted by molar-refractivity contribution is 7.08. The van der Waals surface area contributed by atoms with Crippen LogP contribution >= 0.6 is 11.3 Å². The summed E-state index contributed by atoms with van der Waals surface area (Å²) >= 11 is 1.71. The minimum atomic E-state index is -0.125. The summed E-state index contributed by atoms with van der Waals surface area (Å²) in [5.74, 6) is 0.974. The Hall–Kier alpha value is -2.19. The van der Waals surface area contributed by atoms with Crippen molar-refractivity contribution in [2.45, 2.75) is 26.3 Å². The van der Waals surface area contributed by atoms with E-state index in [0.29, 0.717) is 19.0 Å². The van der Waals surface area contributed by atoms with Gasteiger partial charge in [-0.3, -0.25) is 24.4 Å². The van der Waals surface area contributed by atoms with E-state index in [-0.39, 0.29) is 41.5 Å². The van der Waals surface area contributed by atoms with E-state index in [0.717, 1.165) is 26.1 Å². The molecule has 31 heavy (non-hydrogen) atoms. The molecule has 168 valence electrons. The molecule has 3 aliphatic rings. The molecule has 8 heteroatoms. The van der Waals surface area contributed by atoms with Crippen molar-refractivity contribution < 1.29 is 9.59 Å². The number of rotatable bonds is 9. The maximum Gasteiger partial charge on any atom is 0.233 e. The van der Waals surface area contributed by atoms with Gasteiger partial charge < -0.3 is 10.6 Å². The van der Waals surface area contributed by atoms with Gasteiger partial charge in [-0.1, -0.05) is 26.0 Å². The van der Waals surface area contributed by atoms with Crippen molar-refractivity contribution in [1.29, 1.82) is 0 Å². The third kappa shape index (κ3) is 4.15. The fourth-order valence-electron chi connectivity index (χ4n) is 5.47. The lowest BCUT2D eigenvalue weighted by molar-refractivity contribution is -0.140. The van der Waals surface area contributed by atoms with Crippen molar-refractivity contribution in [3.63, 3.8) is 0 Å². The predicted octanol–water partition coefficient (Wildman–Crippen LogP) is 2.10. The van der Waals surface area contributed by atoms with Gasteiger partial charge in [0.15, 0.2) is 5.96 Å². The average Bonchev–Trinajstić information content (AvgIpc) is 3.57. The van der Waals surface area contributed by atoms with Gasteiger partial charge in [0.1, 0.15) is 0 Å². The lowest BCUT2D eigenvalue weighted by atomic mass is 9.85. The third-order valence-electron chi connectivity index (χ3n) is 7.06. The van der Waals surface area contributed by atoms with Crippen LogP contribution in [0, 0.1) is 23.7 Å². The maximum atomic E-state index is 12.8. The summed E-state index contributed by atoms with van der Waals surface area (Å²) in [5.41, 5.74) is 1.31. The first-order valence-corrected chi connectivity index (χ1v) is 12.3. The van der Waals surface area contributed by atoms with Crippen LogP contribution in [0.25, 0.3) is 0 Å². The molecule has 0 aromatic carbocycles. The number of carbonyl (C=O) groups excluding carboxylic acids is 2. The summed E-state index contributed by atoms with van der Waals surface area (Å²) in [6.45, 7) is 7.92. The number of nitrogens with one attached hydrogen (secondary N) is 2. The number of carbonyl (C=O) groups is 2. The van der Waals surface area contributed by atoms with Gasteiger partial charge in [-0.05, 0) is 53.7 Å². The molecule has 2 aliphatic carbocycles. The summed E-state index contributed by atoms with van der Waals surface area (Å²) in [6.07, 6.45) is 5.22. The number of guanidine groups is 1. The summed E-state index contributed by atoms with van der Waals surface area (Å²) in [6, 6.07) is 2.44. The fourth-order valence-corrected chi connectivity index (χ4v) is 6.18. The molecule has 2 fully saturated rings. The van der Waals surface area contributed by atoms with E-state index in [1.807, 2.05) is 0 Å². The number of imide groups is 1. The molecule has 0 spiro atoms. The predicted molar refractivity (Wildman–Crippen MR) is 124 cm³/mol. The molecule has 0 radical (unpaired) electrons. The van der Waals surface area contributed by atoms with Gasteiger partial charge in [-0.25, -0.2) is 0 Å². The molecule has 5 unspecified atom stereocenters. The number of likely N-dealkylation sites (tertiary alicyclic amines) is 1. The molecule has 1 saturated carbocycles. The van der Waals surface area contributed by atoms with E-state index in [1.54, 1.807) is 18.4 Å². The molecule has 2 bridgehead atoms. The molecular formula is C23H33N5O2S. The molecule has 1 aromatic heterocycles. The maximum absolute atomic E-state index is 12.8. The molecule has 5 atom stereocenters. The molecule has 1 aromatic rings. The third-order valence-corrected chi connectivity index (χ3v) is 7.76. The summed E-state index contributed by atoms with van der Waals surface area (Å²) in [7, 11) is 1.74.